The van der Waals surface area contributed by atoms with Crippen molar-refractivity contribution in [2.45, 2.75) is 37.8 Å². The van der Waals surface area contributed by atoms with Crippen LogP contribution in [0.2, 0.25) is 0 Å². The van der Waals surface area contributed by atoms with E-state index in [1.807, 2.05) is 19.1 Å². The maximum atomic E-state index is 12.5. The molecule has 1 aliphatic heterocycles. The van der Waals surface area contributed by atoms with Gasteiger partial charge in [-0.05, 0) is 51.0 Å². The Labute approximate surface area is 146 Å². The second-order valence-electron chi connectivity index (χ2n) is 6.05. The van der Waals surface area contributed by atoms with E-state index in [2.05, 4.69) is 38.2 Å². The molecule has 1 N–H and O–H groups in total. The molecule has 0 bridgehead atoms. The van der Waals surface area contributed by atoms with Crippen LogP contribution in [0.3, 0.4) is 0 Å². The van der Waals surface area contributed by atoms with Crippen LogP contribution in [0.1, 0.15) is 23.6 Å². The molecule has 4 nitrogen and oxygen atoms in total. The Balaban J connectivity index is 1.69. The Kier molecular flexibility index (Phi) is 4.71. The average molecular weight is 343 g/mol. The normalized spacial score (nSPS) is 13.7. The van der Waals surface area contributed by atoms with Gasteiger partial charge >= 0.3 is 0 Å². The number of rotatable bonds is 4. The number of fused-ring (bicyclic) bond motifs is 1. The number of benzene rings is 2. The van der Waals surface area contributed by atoms with Gasteiger partial charge in [-0.15, -0.1) is 11.8 Å². The van der Waals surface area contributed by atoms with Gasteiger partial charge in [0, 0.05) is 16.6 Å². The summed E-state index contributed by atoms with van der Waals surface area (Å²) in [6, 6.07) is 9.73. The van der Waals surface area contributed by atoms with Crippen LogP contribution in [-0.2, 0) is 4.79 Å². The van der Waals surface area contributed by atoms with Crippen LogP contribution >= 0.6 is 11.8 Å². The Morgan fingerprint density at radius 3 is 2.46 bits per heavy atom. The Morgan fingerprint density at radius 2 is 1.75 bits per heavy atom. The third-order valence-electron chi connectivity index (χ3n) is 3.91. The second-order valence-corrected chi connectivity index (χ2v) is 7.40. The van der Waals surface area contributed by atoms with Crippen LogP contribution in [0.4, 0.5) is 5.69 Å². The number of carbonyl (C=O) groups is 1. The SMILES string of the molecule is Cc1cc(C)c(S[C@H](C)C(=O)Nc2ccc3c(c2)OCO3)c(C)c1. The van der Waals surface area contributed by atoms with Gasteiger partial charge in [0.25, 0.3) is 0 Å². The predicted molar refractivity (Wildman–Crippen MR) is 97.2 cm³/mol. The zero-order valence-corrected chi connectivity index (χ0v) is 15.1. The first kappa shape index (κ1) is 16.7. The Hall–Kier alpha value is -2.14. The van der Waals surface area contributed by atoms with Crippen molar-refractivity contribution in [1.29, 1.82) is 0 Å². The zero-order valence-electron chi connectivity index (χ0n) is 14.3. The molecule has 0 fully saturated rings. The first-order valence-corrected chi connectivity index (χ1v) is 8.77. The molecule has 0 radical (unpaired) electrons. The standard InChI is InChI=1S/C19H21NO3S/c1-11-7-12(2)18(13(3)8-11)24-14(4)19(21)20-15-5-6-16-17(9-15)23-10-22-16/h5-9,14H,10H2,1-4H3,(H,20,21)/t14-/m1/s1. The molecule has 1 heterocycles. The lowest BCUT2D eigenvalue weighted by Crippen LogP contribution is -2.22. The minimum Gasteiger partial charge on any atom is -0.454 e. The number of nitrogens with one attached hydrogen (secondary N) is 1. The van der Waals surface area contributed by atoms with Gasteiger partial charge in [0.2, 0.25) is 12.7 Å². The minimum atomic E-state index is -0.199. The van der Waals surface area contributed by atoms with Crippen LogP contribution in [0.5, 0.6) is 11.5 Å². The van der Waals surface area contributed by atoms with E-state index in [9.17, 15) is 4.79 Å². The molecular formula is C19H21NO3S. The molecule has 126 valence electrons. The van der Waals surface area contributed by atoms with E-state index in [0.29, 0.717) is 17.2 Å². The second kappa shape index (κ2) is 6.77. The summed E-state index contributed by atoms with van der Waals surface area (Å²) in [5, 5.41) is 2.75. The van der Waals surface area contributed by atoms with Crippen molar-refractivity contribution in [2.75, 3.05) is 12.1 Å². The lowest BCUT2D eigenvalue weighted by Gasteiger charge is -2.16. The van der Waals surface area contributed by atoms with Gasteiger partial charge in [0.05, 0.1) is 5.25 Å². The number of aryl methyl sites for hydroxylation is 3. The largest absolute Gasteiger partial charge is 0.454 e. The molecule has 24 heavy (non-hydrogen) atoms. The van der Waals surface area contributed by atoms with E-state index >= 15 is 0 Å². The quantitative estimate of drug-likeness (QED) is 0.833. The monoisotopic (exact) mass is 343 g/mol. The number of hydrogen-bond acceptors (Lipinski definition) is 4. The summed E-state index contributed by atoms with van der Waals surface area (Å²) in [7, 11) is 0. The summed E-state index contributed by atoms with van der Waals surface area (Å²) in [4.78, 5) is 13.7. The van der Waals surface area contributed by atoms with Gasteiger partial charge in [0.15, 0.2) is 11.5 Å². The average Bonchev–Trinajstić information content (AvgIpc) is 2.98. The molecule has 5 heteroatoms. The fourth-order valence-corrected chi connectivity index (χ4v) is 3.81. The summed E-state index contributed by atoms with van der Waals surface area (Å²) in [5.74, 6) is 1.35. The first-order valence-electron chi connectivity index (χ1n) is 7.89. The molecule has 1 aliphatic rings. The van der Waals surface area contributed by atoms with E-state index in [-0.39, 0.29) is 18.0 Å². The number of anilines is 1. The number of carbonyl (C=O) groups excluding carboxylic acids is 1. The van der Waals surface area contributed by atoms with Crippen LogP contribution in [0, 0.1) is 20.8 Å². The molecule has 2 aromatic carbocycles. The number of hydrogen-bond donors (Lipinski definition) is 1. The molecule has 1 atom stereocenters. The summed E-state index contributed by atoms with van der Waals surface area (Å²) in [6.45, 7) is 8.41. The van der Waals surface area contributed by atoms with Gasteiger partial charge in [-0.2, -0.15) is 0 Å². The molecule has 2 aromatic rings. The smallest absolute Gasteiger partial charge is 0.237 e. The fraction of sp³-hybridized carbons (Fsp3) is 0.316. The van der Waals surface area contributed by atoms with Crippen molar-refractivity contribution in [1.82, 2.24) is 0 Å². The van der Waals surface area contributed by atoms with Gasteiger partial charge in [-0.1, -0.05) is 17.7 Å². The van der Waals surface area contributed by atoms with Crippen LogP contribution in [0.25, 0.3) is 0 Å². The molecule has 0 aliphatic carbocycles. The number of thioether (sulfide) groups is 1. The number of amides is 1. The molecule has 0 aromatic heterocycles. The lowest BCUT2D eigenvalue weighted by atomic mass is 10.1. The van der Waals surface area contributed by atoms with Gasteiger partial charge < -0.3 is 14.8 Å². The van der Waals surface area contributed by atoms with Crippen molar-refractivity contribution in [3.05, 3.63) is 47.0 Å². The Bertz CT molecular complexity index is 765. The van der Waals surface area contributed by atoms with E-state index in [4.69, 9.17) is 9.47 Å². The molecule has 0 saturated carbocycles. The zero-order chi connectivity index (χ0) is 17.3. The van der Waals surface area contributed by atoms with Crippen molar-refractivity contribution < 1.29 is 14.3 Å². The summed E-state index contributed by atoms with van der Waals surface area (Å²) >= 11 is 1.59. The summed E-state index contributed by atoms with van der Waals surface area (Å²) in [5.41, 5.74) is 4.38. The van der Waals surface area contributed by atoms with Crippen molar-refractivity contribution in [2.24, 2.45) is 0 Å². The van der Waals surface area contributed by atoms with Crippen molar-refractivity contribution >= 4 is 23.4 Å². The van der Waals surface area contributed by atoms with Crippen LogP contribution in [-0.4, -0.2) is 18.0 Å². The molecule has 3 rings (SSSR count). The van der Waals surface area contributed by atoms with E-state index < -0.39 is 0 Å². The highest BCUT2D eigenvalue weighted by Crippen LogP contribution is 2.35. The van der Waals surface area contributed by atoms with Gasteiger partial charge in [0.1, 0.15) is 0 Å². The maximum Gasteiger partial charge on any atom is 0.237 e. The van der Waals surface area contributed by atoms with Crippen LogP contribution < -0.4 is 14.8 Å². The summed E-state index contributed by atoms with van der Waals surface area (Å²) in [6.07, 6.45) is 0. The topological polar surface area (TPSA) is 47.6 Å². The third-order valence-corrected chi connectivity index (χ3v) is 5.36. The minimum absolute atomic E-state index is 0.0294. The first-order chi connectivity index (χ1) is 11.4. The Morgan fingerprint density at radius 1 is 1.08 bits per heavy atom. The highest BCUT2D eigenvalue weighted by Gasteiger charge is 2.19. The highest BCUT2D eigenvalue weighted by molar-refractivity contribution is 8.00. The molecule has 0 unspecified atom stereocenters. The molecule has 0 saturated heterocycles. The summed E-state index contributed by atoms with van der Waals surface area (Å²) < 4.78 is 10.6. The van der Waals surface area contributed by atoms with Gasteiger partial charge in [-0.3, -0.25) is 4.79 Å². The third kappa shape index (κ3) is 3.51. The van der Waals surface area contributed by atoms with Crippen molar-refractivity contribution in [3.63, 3.8) is 0 Å². The molecular weight excluding hydrogens is 322 g/mol. The van der Waals surface area contributed by atoms with Crippen LogP contribution in [0.15, 0.2) is 35.2 Å². The maximum absolute atomic E-state index is 12.5. The predicted octanol–water partition coefficient (Wildman–Crippen LogP) is 4.46. The van der Waals surface area contributed by atoms with E-state index in [1.165, 1.54) is 21.6 Å². The molecule has 1 amide bonds. The fourth-order valence-electron chi connectivity index (χ4n) is 2.80. The van der Waals surface area contributed by atoms with Crippen molar-refractivity contribution in [3.8, 4) is 11.5 Å². The van der Waals surface area contributed by atoms with E-state index in [0.717, 1.165) is 0 Å². The van der Waals surface area contributed by atoms with E-state index in [1.54, 1.807) is 17.8 Å². The molecule has 0 spiro atoms. The highest BCUT2D eigenvalue weighted by atomic mass is 32.2. The number of ether oxygens (including phenoxy) is 2. The van der Waals surface area contributed by atoms with Gasteiger partial charge in [-0.25, -0.2) is 0 Å². The lowest BCUT2D eigenvalue weighted by molar-refractivity contribution is -0.115.